The lowest BCUT2D eigenvalue weighted by Crippen LogP contribution is -2.12. The first kappa shape index (κ1) is 16.3. The van der Waals surface area contributed by atoms with Crippen molar-refractivity contribution in [2.45, 2.75) is 19.3 Å². The fourth-order valence-electron chi connectivity index (χ4n) is 2.82. The van der Waals surface area contributed by atoms with E-state index in [0.29, 0.717) is 22.9 Å². The molecular formula is C18H20N2O4. The first-order valence-corrected chi connectivity index (χ1v) is 7.63. The van der Waals surface area contributed by atoms with Crippen LogP contribution in [0.25, 0.3) is 11.0 Å². The monoisotopic (exact) mass is 328 g/mol. The van der Waals surface area contributed by atoms with Crippen molar-refractivity contribution in [2.24, 2.45) is 0 Å². The number of benzene rings is 2. The summed E-state index contributed by atoms with van der Waals surface area (Å²) < 4.78 is 12.4. The Kier molecular flexibility index (Phi) is 4.69. The second-order valence-corrected chi connectivity index (χ2v) is 5.41. The Morgan fingerprint density at radius 3 is 2.62 bits per heavy atom. The van der Waals surface area contributed by atoms with Gasteiger partial charge in [-0.3, -0.25) is 0 Å². The van der Waals surface area contributed by atoms with E-state index >= 15 is 0 Å². The highest BCUT2D eigenvalue weighted by atomic mass is 16.5. The Bertz CT molecular complexity index is 844. The first-order valence-electron chi connectivity index (χ1n) is 7.63. The number of aliphatic hydroxyl groups excluding tert-OH is 2. The molecule has 0 fully saturated rings. The van der Waals surface area contributed by atoms with Gasteiger partial charge in [0.05, 0.1) is 31.8 Å². The smallest absolute Gasteiger partial charge is 0.135 e. The minimum atomic E-state index is -0.835. The summed E-state index contributed by atoms with van der Waals surface area (Å²) in [5, 5.41) is 20.3. The highest BCUT2D eigenvalue weighted by Gasteiger charge is 2.18. The molecule has 0 spiro atoms. The molecule has 126 valence electrons. The molecule has 0 aliphatic carbocycles. The number of fused-ring (bicyclic) bond motifs is 1. The maximum Gasteiger partial charge on any atom is 0.135 e. The summed E-state index contributed by atoms with van der Waals surface area (Å²) in [5.74, 6) is 1.73. The summed E-state index contributed by atoms with van der Waals surface area (Å²) >= 11 is 0. The highest BCUT2D eigenvalue weighted by molar-refractivity contribution is 5.75. The topological polar surface area (TPSA) is 76.7 Å². The van der Waals surface area contributed by atoms with E-state index in [1.807, 2.05) is 28.8 Å². The SMILES string of the molecule is COc1ccc(OC)c(C(O)Cn2c(CO)nc3ccccc32)c1. The zero-order chi connectivity index (χ0) is 17.1. The van der Waals surface area contributed by atoms with Gasteiger partial charge in [-0.2, -0.15) is 0 Å². The number of ether oxygens (including phenoxy) is 2. The average Bonchev–Trinajstić information content (AvgIpc) is 2.98. The molecule has 0 bridgehead atoms. The molecule has 1 heterocycles. The van der Waals surface area contributed by atoms with E-state index in [9.17, 15) is 10.2 Å². The number of imidazole rings is 1. The summed E-state index contributed by atoms with van der Waals surface area (Å²) in [6, 6.07) is 12.9. The number of rotatable bonds is 6. The number of para-hydroxylation sites is 2. The minimum Gasteiger partial charge on any atom is -0.497 e. The molecule has 0 amide bonds. The zero-order valence-electron chi connectivity index (χ0n) is 13.6. The van der Waals surface area contributed by atoms with Crippen LogP contribution in [-0.2, 0) is 13.2 Å². The van der Waals surface area contributed by atoms with Crippen molar-refractivity contribution in [3.8, 4) is 11.5 Å². The lowest BCUT2D eigenvalue weighted by atomic mass is 10.1. The highest BCUT2D eigenvalue weighted by Crippen LogP contribution is 2.31. The molecule has 0 radical (unpaired) electrons. The van der Waals surface area contributed by atoms with Crippen molar-refractivity contribution in [3.63, 3.8) is 0 Å². The van der Waals surface area contributed by atoms with Gasteiger partial charge >= 0.3 is 0 Å². The molecule has 3 aromatic rings. The summed E-state index contributed by atoms with van der Waals surface area (Å²) in [7, 11) is 3.13. The molecule has 6 nitrogen and oxygen atoms in total. The normalized spacial score (nSPS) is 12.3. The minimum absolute atomic E-state index is 0.198. The van der Waals surface area contributed by atoms with Crippen molar-refractivity contribution in [2.75, 3.05) is 14.2 Å². The van der Waals surface area contributed by atoms with Crippen molar-refractivity contribution < 1.29 is 19.7 Å². The van der Waals surface area contributed by atoms with Crippen molar-refractivity contribution in [1.82, 2.24) is 9.55 Å². The van der Waals surface area contributed by atoms with Gasteiger partial charge in [0.2, 0.25) is 0 Å². The van der Waals surface area contributed by atoms with Crippen molar-refractivity contribution >= 4 is 11.0 Å². The van der Waals surface area contributed by atoms with Gasteiger partial charge in [0.15, 0.2) is 0 Å². The van der Waals surface area contributed by atoms with Crippen LogP contribution in [0.2, 0.25) is 0 Å². The molecule has 6 heteroatoms. The molecule has 2 aromatic carbocycles. The Labute approximate surface area is 139 Å². The number of hydrogen-bond acceptors (Lipinski definition) is 5. The lowest BCUT2D eigenvalue weighted by molar-refractivity contribution is 0.149. The predicted octanol–water partition coefficient (Wildman–Crippen LogP) is 2.28. The third-order valence-corrected chi connectivity index (χ3v) is 4.03. The number of hydrogen-bond donors (Lipinski definition) is 2. The molecule has 1 aromatic heterocycles. The number of aliphatic hydroxyl groups is 2. The quantitative estimate of drug-likeness (QED) is 0.726. The molecule has 0 aliphatic heterocycles. The maximum atomic E-state index is 10.7. The first-order chi connectivity index (χ1) is 11.7. The van der Waals surface area contributed by atoms with Gasteiger partial charge in [-0.05, 0) is 30.3 Å². The Morgan fingerprint density at radius 1 is 1.12 bits per heavy atom. The van der Waals surface area contributed by atoms with Gasteiger partial charge in [-0.15, -0.1) is 0 Å². The largest absolute Gasteiger partial charge is 0.497 e. The molecule has 2 N–H and O–H groups in total. The van der Waals surface area contributed by atoms with Crippen LogP contribution in [0.3, 0.4) is 0 Å². The van der Waals surface area contributed by atoms with Gasteiger partial charge in [0, 0.05) is 5.56 Å². The van der Waals surface area contributed by atoms with Crippen LogP contribution in [0.1, 0.15) is 17.5 Å². The van der Waals surface area contributed by atoms with Crippen LogP contribution in [0, 0.1) is 0 Å². The van der Waals surface area contributed by atoms with E-state index in [1.165, 1.54) is 0 Å². The van der Waals surface area contributed by atoms with Crippen LogP contribution in [0.4, 0.5) is 0 Å². The Balaban J connectivity index is 2.00. The zero-order valence-corrected chi connectivity index (χ0v) is 13.6. The van der Waals surface area contributed by atoms with E-state index in [0.717, 1.165) is 11.0 Å². The summed E-state index contributed by atoms with van der Waals surface area (Å²) in [6.45, 7) is 0.0522. The summed E-state index contributed by atoms with van der Waals surface area (Å²) in [4.78, 5) is 4.40. The second-order valence-electron chi connectivity index (χ2n) is 5.41. The fourth-order valence-corrected chi connectivity index (χ4v) is 2.82. The van der Waals surface area contributed by atoms with Crippen molar-refractivity contribution in [1.29, 1.82) is 0 Å². The standard InChI is InChI=1S/C18H20N2O4/c1-23-12-7-8-17(24-2)13(9-12)16(22)10-20-15-6-4-3-5-14(15)19-18(20)11-21/h3-9,16,21-22H,10-11H2,1-2H3. The lowest BCUT2D eigenvalue weighted by Gasteiger charge is -2.18. The van der Waals surface area contributed by atoms with E-state index in [1.54, 1.807) is 32.4 Å². The Morgan fingerprint density at radius 2 is 1.92 bits per heavy atom. The van der Waals surface area contributed by atoms with Crippen LogP contribution in [0.15, 0.2) is 42.5 Å². The maximum absolute atomic E-state index is 10.7. The molecular weight excluding hydrogens is 308 g/mol. The van der Waals surface area contributed by atoms with E-state index < -0.39 is 6.10 Å². The molecule has 24 heavy (non-hydrogen) atoms. The van der Waals surface area contributed by atoms with E-state index in [-0.39, 0.29) is 13.2 Å². The van der Waals surface area contributed by atoms with Gasteiger partial charge in [0.1, 0.15) is 30.0 Å². The van der Waals surface area contributed by atoms with Gasteiger partial charge < -0.3 is 24.3 Å². The molecule has 3 rings (SSSR count). The van der Waals surface area contributed by atoms with Crippen molar-refractivity contribution in [3.05, 3.63) is 53.9 Å². The van der Waals surface area contributed by atoms with Crippen LogP contribution in [-0.4, -0.2) is 34.0 Å². The summed E-state index contributed by atoms with van der Waals surface area (Å²) in [6.07, 6.45) is -0.835. The van der Waals surface area contributed by atoms with Gasteiger partial charge in [-0.1, -0.05) is 12.1 Å². The van der Waals surface area contributed by atoms with Crippen LogP contribution < -0.4 is 9.47 Å². The van der Waals surface area contributed by atoms with Gasteiger partial charge in [-0.25, -0.2) is 4.98 Å². The molecule has 0 saturated carbocycles. The van der Waals surface area contributed by atoms with E-state index in [4.69, 9.17) is 9.47 Å². The molecule has 1 atom stereocenters. The number of aromatic nitrogens is 2. The molecule has 0 aliphatic rings. The predicted molar refractivity (Wildman–Crippen MR) is 90.2 cm³/mol. The Hall–Kier alpha value is -2.57. The second kappa shape index (κ2) is 6.90. The average molecular weight is 328 g/mol. The molecule has 1 unspecified atom stereocenters. The number of nitrogens with zero attached hydrogens (tertiary/aromatic N) is 2. The summed E-state index contributed by atoms with van der Waals surface area (Å²) in [5.41, 5.74) is 2.27. The number of methoxy groups -OCH3 is 2. The van der Waals surface area contributed by atoms with E-state index in [2.05, 4.69) is 4.98 Å². The third-order valence-electron chi connectivity index (χ3n) is 4.03. The van der Waals surface area contributed by atoms with Crippen LogP contribution >= 0.6 is 0 Å². The fraction of sp³-hybridized carbons (Fsp3) is 0.278. The van der Waals surface area contributed by atoms with Gasteiger partial charge in [0.25, 0.3) is 0 Å². The third kappa shape index (κ3) is 2.93. The van der Waals surface area contributed by atoms with Crippen LogP contribution in [0.5, 0.6) is 11.5 Å². The molecule has 0 saturated heterocycles.